The van der Waals surface area contributed by atoms with Crippen molar-refractivity contribution in [3.05, 3.63) is 52.8 Å². The van der Waals surface area contributed by atoms with Crippen LogP contribution in [0.1, 0.15) is 34.2 Å². The van der Waals surface area contributed by atoms with Crippen molar-refractivity contribution in [2.45, 2.75) is 27.7 Å². The normalized spacial score (nSPS) is 10.3. The Labute approximate surface area is 125 Å². The summed E-state index contributed by atoms with van der Waals surface area (Å²) in [4.78, 5) is 16.8. The van der Waals surface area contributed by atoms with Crippen LogP contribution in [0.25, 0.3) is 0 Å². The average Bonchev–Trinajstić information content (AvgIpc) is 2.42. The van der Waals surface area contributed by atoms with Crippen LogP contribution in [0.3, 0.4) is 0 Å². The maximum Gasteiger partial charge on any atom is 0.257 e. The van der Waals surface area contributed by atoms with Crippen LogP contribution in [0, 0.1) is 20.8 Å². The molecule has 4 nitrogen and oxygen atoms in total. The van der Waals surface area contributed by atoms with E-state index in [0.717, 1.165) is 34.9 Å². The number of rotatable bonds is 4. The summed E-state index contributed by atoms with van der Waals surface area (Å²) in [7, 11) is 0. The standard InChI is InChI=1S/C17H21N3O/c1-5-18-16-10-11(2)6-8-14(16)17(21)20-15-9-7-12(3)19-13(15)4/h6-10,18H,5H2,1-4H3,(H,20,21). The summed E-state index contributed by atoms with van der Waals surface area (Å²) in [5.74, 6) is -0.125. The molecular weight excluding hydrogens is 262 g/mol. The van der Waals surface area contributed by atoms with Crippen LogP contribution in [0.5, 0.6) is 0 Å². The highest BCUT2D eigenvalue weighted by Gasteiger charge is 2.12. The highest BCUT2D eigenvalue weighted by molar-refractivity contribution is 6.08. The third kappa shape index (κ3) is 3.60. The molecule has 2 rings (SSSR count). The number of hydrogen-bond donors (Lipinski definition) is 2. The Morgan fingerprint density at radius 3 is 2.52 bits per heavy atom. The predicted molar refractivity (Wildman–Crippen MR) is 87.0 cm³/mol. The number of anilines is 2. The van der Waals surface area contributed by atoms with Crippen molar-refractivity contribution in [2.75, 3.05) is 17.2 Å². The average molecular weight is 283 g/mol. The molecule has 0 atom stereocenters. The predicted octanol–water partition coefficient (Wildman–Crippen LogP) is 3.69. The maximum absolute atomic E-state index is 12.5. The summed E-state index contributed by atoms with van der Waals surface area (Å²) in [6.07, 6.45) is 0. The number of carbonyl (C=O) groups excluding carboxylic acids is 1. The Bertz CT molecular complexity index is 665. The molecule has 2 aromatic rings. The first-order valence-electron chi connectivity index (χ1n) is 7.11. The van der Waals surface area contributed by atoms with Crippen LogP contribution in [0.15, 0.2) is 30.3 Å². The Morgan fingerprint density at radius 1 is 1.10 bits per heavy atom. The molecule has 1 amide bonds. The molecule has 1 aromatic heterocycles. The lowest BCUT2D eigenvalue weighted by Crippen LogP contribution is -2.16. The van der Waals surface area contributed by atoms with Crippen LogP contribution >= 0.6 is 0 Å². The van der Waals surface area contributed by atoms with Crippen molar-refractivity contribution in [1.82, 2.24) is 4.98 Å². The van der Waals surface area contributed by atoms with Gasteiger partial charge in [-0.05, 0) is 57.5 Å². The molecule has 0 radical (unpaired) electrons. The van der Waals surface area contributed by atoms with Gasteiger partial charge in [0.25, 0.3) is 5.91 Å². The summed E-state index contributed by atoms with van der Waals surface area (Å²) in [5.41, 5.74) is 5.12. The van der Waals surface area contributed by atoms with Gasteiger partial charge < -0.3 is 10.6 Å². The first-order valence-corrected chi connectivity index (χ1v) is 7.11. The molecule has 0 aliphatic rings. The Kier molecular flexibility index (Phi) is 4.58. The molecule has 1 aromatic carbocycles. The van der Waals surface area contributed by atoms with Gasteiger partial charge in [-0.15, -0.1) is 0 Å². The Morgan fingerprint density at radius 2 is 1.86 bits per heavy atom. The van der Waals surface area contributed by atoms with Crippen molar-refractivity contribution in [3.8, 4) is 0 Å². The Hall–Kier alpha value is -2.36. The quantitative estimate of drug-likeness (QED) is 0.899. The molecule has 0 aliphatic carbocycles. The van der Waals surface area contributed by atoms with Gasteiger partial charge in [0.2, 0.25) is 0 Å². The van der Waals surface area contributed by atoms with E-state index in [0.29, 0.717) is 5.56 Å². The first-order chi connectivity index (χ1) is 10.0. The summed E-state index contributed by atoms with van der Waals surface area (Å²) < 4.78 is 0. The molecule has 0 spiro atoms. The lowest BCUT2D eigenvalue weighted by atomic mass is 10.1. The number of nitrogens with zero attached hydrogens (tertiary/aromatic N) is 1. The number of hydrogen-bond acceptors (Lipinski definition) is 3. The molecule has 2 N–H and O–H groups in total. The minimum Gasteiger partial charge on any atom is -0.385 e. The van der Waals surface area contributed by atoms with E-state index >= 15 is 0 Å². The van der Waals surface area contributed by atoms with Gasteiger partial charge in [-0.1, -0.05) is 6.07 Å². The van der Waals surface area contributed by atoms with E-state index in [1.54, 1.807) is 0 Å². The lowest BCUT2D eigenvalue weighted by Gasteiger charge is -2.13. The smallest absolute Gasteiger partial charge is 0.257 e. The fourth-order valence-corrected chi connectivity index (χ4v) is 2.20. The van der Waals surface area contributed by atoms with E-state index in [1.165, 1.54) is 0 Å². The molecule has 0 fully saturated rings. The fourth-order valence-electron chi connectivity index (χ4n) is 2.20. The number of aromatic nitrogens is 1. The molecular formula is C17H21N3O. The highest BCUT2D eigenvalue weighted by atomic mass is 16.1. The van der Waals surface area contributed by atoms with Crippen molar-refractivity contribution in [3.63, 3.8) is 0 Å². The monoisotopic (exact) mass is 283 g/mol. The van der Waals surface area contributed by atoms with Crippen molar-refractivity contribution in [2.24, 2.45) is 0 Å². The summed E-state index contributed by atoms with van der Waals surface area (Å²) in [6.45, 7) is 8.62. The number of nitrogens with one attached hydrogen (secondary N) is 2. The zero-order valence-corrected chi connectivity index (χ0v) is 12.9. The van der Waals surface area contributed by atoms with Gasteiger partial charge in [-0.25, -0.2) is 0 Å². The second-order valence-electron chi connectivity index (χ2n) is 5.12. The number of benzene rings is 1. The van der Waals surface area contributed by atoms with Crippen LogP contribution in [0.2, 0.25) is 0 Å². The zero-order chi connectivity index (χ0) is 15.4. The number of carbonyl (C=O) groups is 1. The van der Waals surface area contributed by atoms with Crippen molar-refractivity contribution in [1.29, 1.82) is 0 Å². The third-order valence-corrected chi connectivity index (χ3v) is 3.26. The molecule has 110 valence electrons. The topological polar surface area (TPSA) is 54.0 Å². The van der Waals surface area contributed by atoms with Gasteiger partial charge in [0.05, 0.1) is 16.9 Å². The van der Waals surface area contributed by atoms with E-state index < -0.39 is 0 Å². The SMILES string of the molecule is CCNc1cc(C)ccc1C(=O)Nc1ccc(C)nc1C. The zero-order valence-electron chi connectivity index (χ0n) is 12.9. The highest BCUT2D eigenvalue weighted by Crippen LogP contribution is 2.20. The van der Waals surface area contributed by atoms with Gasteiger partial charge >= 0.3 is 0 Å². The summed E-state index contributed by atoms with van der Waals surface area (Å²) >= 11 is 0. The van der Waals surface area contributed by atoms with Crippen LogP contribution in [0.4, 0.5) is 11.4 Å². The maximum atomic E-state index is 12.5. The molecule has 1 heterocycles. The minimum atomic E-state index is -0.125. The first kappa shape index (κ1) is 15.0. The second kappa shape index (κ2) is 6.39. The van der Waals surface area contributed by atoms with Gasteiger partial charge in [0, 0.05) is 17.9 Å². The van der Waals surface area contributed by atoms with E-state index in [4.69, 9.17) is 0 Å². The third-order valence-electron chi connectivity index (χ3n) is 3.26. The fraction of sp³-hybridized carbons (Fsp3) is 0.294. The molecule has 0 saturated heterocycles. The molecule has 0 unspecified atom stereocenters. The van der Waals surface area contributed by atoms with Crippen LogP contribution < -0.4 is 10.6 Å². The van der Waals surface area contributed by atoms with Gasteiger partial charge in [-0.3, -0.25) is 9.78 Å². The molecule has 0 saturated carbocycles. The molecule has 4 heteroatoms. The van der Waals surface area contributed by atoms with Gasteiger partial charge in [0.15, 0.2) is 0 Å². The molecule has 21 heavy (non-hydrogen) atoms. The van der Waals surface area contributed by atoms with E-state index in [-0.39, 0.29) is 5.91 Å². The Balaban J connectivity index is 2.28. The van der Waals surface area contributed by atoms with Gasteiger partial charge in [-0.2, -0.15) is 0 Å². The number of aryl methyl sites for hydroxylation is 3. The second-order valence-corrected chi connectivity index (χ2v) is 5.12. The number of pyridine rings is 1. The molecule has 0 aliphatic heterocycles. The lowest BCUT2D eigenvalue weighted by molar-refractivity contribution is 0.102. The van der Waals surface area contributed by atoms with Crippen molar-refractivity contribution < 1.29 is 4.79 Å². The van der Waals surface area contributed by atoms with E-state index in [1.807, 2.05) is 58.0 Å². The largest absolute Gasteiger partial charge is 0.385 e. The summed E-state index contributed by atoms with van der Waals surface area (Å²) in [6, 6.07) is 9.55. The van der Waals surface area contributed by atoms with E-state index in [2.05, 4.69) is 15.6 Å². The number of amides is 1. The van der Waals surface area contributed by atoms with E-state index in [9.17, 15) is 4.79 Å². The van der Waals surface area contributed by atoms with Crippen LogP contribution in [-0.4, -0.2) is 17.4 Å². The molecule has 0 bridgehead atoms. The van der Waals surface area contributed by atoms with Crippen LogP contribution in [-0.2, 0) is 0 Å². The van der Waals surface area contributed by atoms with Crippen molar-refractivity contribution >= 4 is 17.3 Å². The van der Waals surface area contributed by atoms with Gasteiger partial charge in [0.1, 0.15) is 0 Å². The minimum absolute atomic E-state index is 0.125. The summed E-state index contributed by atoms with van der Waals surface area (Å²) in [5, 5.41) is 6.16.